The van der Waals surface area contributed by atoms with E-state index >= 15 is 0 Å². The Bertz CT molecular complexity index is 116. The van der Waals surface area contributed by atoms with Crippen molar-refractivity contribution < 1.29 is 5.11 Å². The lowest BCUT2D eigenvalue weighted by Gasteiger charge is -2.26. The lowest BCUT2D eigenvalue weighted by molar-refractivity contribution is 0.110. The number of aliphatic hydroxyl groups excluding tert-OH is 1. The van der Waals surface area contributed by atoms with Crippen LogP contribution in [0.25, 0.3) is 0 Å². The van der Waals surface area contributed by atoms with Crippen LogP contribution in [0.4, 0.5) is 0 Å². The maximum Gasteiger partial charge on any atom is 0.0667 e. The summed E-state index contributed by atoms with van der Waals surface area (Å²) in [5.74, 6) is 0.722. The SMILES string of the molecule is CCCCCC1CNCC(O)C1. The van der Waals surface area contributed by atoms with Gasteiger partial charge in [0.05, 0.1) is 6.10 Å². The molecule has 2 atom stereocenters. The van der Waals surface area contributed by atoms with E-state index in [-0.39, 0.29) is 6.10 Å². The highest BCUT2D eigenvalue weighted by atomic mass is 16.3. The smallest absolute Gasteiger partial charge is 0.0667 e. The van der Waals surface area contributed by atoms with Gasteiger partial charge in [0, 0.05) is 6.54 Å². The predicted octanol–water partition coefficient (Wildman–Crippen LogP) is 1.54. The van der Waals surface area contributed by atoms with Gasteiger partial charge in [0.25, 0.3) is 0 Å². The molecule has 1 aliphatic heterocycles. The summed E-state index contributed by atoms with van der Waals surface area (Å²) >= 11 is 0. The fourth-order valence-corrected chi connectivity index (χ4v) is 1.91. The molecular formula is C10H21NO. The summed E-state index contributed by atoms with van der Waals surface area (Å²) in [4.78, 5) is 0. The van der Waals surface area contributed by atoms with Gasteiger partial charge < -0.3 is 10.4 Å². The first-order chi connectivity index (χ1) is 5.83. The monoisotopic (exact) mass is 171 g/mol. The Hall–Kier alpha value is -0.0800. The molecule has 2 unspecified atom stereocenters. The van der Waals surface area contributed by atoms with Crippen LogP contribution in [0.15, 0.2) is 0 Å². The van der Waals surface area contributed by atoms with Gasteiger partial charge in [0.2, 0.25) is 0 Å². The molecule has 2 heteroatoms. The summed E-state index contributed by atoms with van der Waals surface area (Å²) in [7, 11) is 0. The molecule has 2 N–H and O–H groups in total. The molecule has 1 heterocycles. The topological polar surface area (TPSA) is 32.3 Å². The second-order valence-electron chi connectivity index (χ2n) is 3.91. The number of hydrogen-bond donors (Lipinski definition) is 2. The summed E-state index contributed by atoms with van der Waals surface area (Å²) < 4.78 is 0. The van der Waals surface area contributed by atoms with Crippen molar-refractivity contribution in [1.29, 1.82) is 0 Å². The van der Waals surface area contributed by atoms with Crippen molar-refractivity contribution >= 4 is 0 Å². The van der Waals surface area contributed by atoms with Gasteiger partial charge in [0.1, 0.15) is 0 Å². The molecule has 0 aliphatic carbocycles. The third-order valence-corrected chi connectivity index (χ3v) is 2.63. The Kier molecular flexibility index (Phi) is 4.62. The largest absolute Gasteiger partial charge is 0.392 e. The lowest BCUT2D eigenvalue weighted by Crippen LogP contribution is -2.39. The normalized spacial score (nSPS) is 30.5. The van der Waals surface area contributed by atoms with Gasteiger partial charge >= 0.3 is 0 Å². The molecular weight excluding hydrogens is 150 g/mol. The van der Waals surface area contributed by atoms with Crippen LogP contribution in [-0.4, -0.2) is 24.3 Å². The molecule has 0 spiro atoms. The first-order valence-electron chi connectivity index (χ1n) is 5.21. The molecule has 0 aromatic rings. The van der Waals surface area contributed by atoms with E-state index in [0.717, 1.165) is 25.4 Å². The van der Waals surface area contributed by atoms with Gasteiger partial charge in [-0.1, -0.05) is 26.2 Å². The second-order valence-corrected chi connectivity index (χ2v) is 3.91. The number of aliphatic hydroxyl groups is 1. The molecule has 0 aromatic carbocycles. The van der Waals surface area contributed by atoms with Crippen molar-refractivity contribution in [3.05, 3.63) is 0 Å². The van der Waals surface area contributed by atoms with Crippen molar-refractivity contribution in [2.45, 2.75) is 45.1 Å². The molecule has 0 radical (unpaired) electrons. The maximum absolute atomic E-state index is 9.37. The average Bonchev–Trinajstić information content (AvgIpc) is 2.05. The fraction of sp³-hybridized carbons (Fsp3) is 1.00. The maximum atomic E-state index is 9.37. The number of rotatable bonds is 4. The van der Waals surface area contributed by atoms with Crippen molar-refractivity contribution in [1.82, 2.24) is 5.32 Å². The standard InChI is InChI=1S/C10H21NO/c1-2-3-4-5-9-6-10(12)8-11-7-9/h9-12H,2-8H2,1H3. The van der Waals surface area contributed by atoms with E-state index < -0.39 is 0 Å². The predicted molar refractivity (Wildman–Crippen MR) is 51.1 cm³/mol. The Morgan fingerprint density at radius 2 is 2.17 bits per heavy atom. The van der Waals surface area contributed by atoms with E-state index in [2.05, 4.69) is 12.2 Å². The van der Waals surface area contributed by atoms with Crippen LogP contribution in [0.5, 0.6) is 0 Å². The molecule has 1 aliphatic rings. The zero-order valence-corrected chi connectivity index (χ0v) is 8.05. The number of β-amino-alcohol motifs (C(OH)–C–C–N with tert-alkyl or cyclic N) is 1. The molecule has 0 bridgehead atoms. The molecule has 1 rings (SSSR count). The van der Waals surface area contributed by atoms with Crippen LogP contribution < -0.4 is 5.32 Å². The van der Waals surface area contributed by atoms with Crippen LogP contribution in [-0.2, 0) is 0 Å². The second kappa shape index (κ2) is 5.55. The number of hydrogen-bond acceptors (Lipinski definition) is 2. The van der Waals surface area contributed by atoms with Gasteiger partial charge in [-0.2, -0.15) is 0 Å². The van der Waals surface area contributed by atoms with Crippen molar-refractivity contribution in [3.63, 3.8) is 0 Å². The first-order valence-corrected chi connectivity index (χ1v) is 5.21. The van der Waals surface area contributed by atoms with Crippen LogP contribution in [0.3, 0.4) is 0 Å². The van der Waals surface area contributed by atoms with Crippen LogP contribution in [0.1, 0.15) is 39.0 Å². The van der Waals surface area contributed by atoms with Crippen LogP contribution >= 0.6 is 0 Å². The van der Waals surface area contributed by atoms with E-state index in [0.29, 0.717) is 0 Å². The zero-order chi connectivity index (χ0) is 8.81. The van der Waals surface area contributed by atoms with E-state index in [9.17, 15) is 5.11 Å². The average molecular weight is 171 g/mol. The third-order valence-electron chi connectivity index (χ3n) is 2.63. The Morgan fingerprint density at radius 3 is 2.83 bits per heavy atom. The summed E-state index contributed by atoms with van der Waals surface area (Å²) in [6.07, 6.45) is 6.17. The molecule has 2 nitrogen and oxygen atoms in total. The summed E-state index contributed by atoms with van der Waals surface area (Å²) in [5.41, 5.74) is 0. The van der Waals surface area contributed by atoms with Crippen molar-refractivity contribution in [3.8, 4) is 0 Å². The minimum absolute atomic E-state index is 0.0922. The summed E-state index contributed by atoms with van der Waals surface area (Å²) in [6, 6.07) is 0. The lowest BCUT2D eigenvalue weighted by atomic mass is 9.92. The van der Waals surface area contributed by atoms with E-state index in [1.165, 1.54) is 25.7 Å². The Labute approximate surface area is 75.4 Å². The van der Waals surface area contributed by atoms with Gasteiger partial charge in [0.15, 0.2) is 0 Å². The Balaban J connectivity index is 2.06. The number of nitrogens with one attached hydrogen (secondary N) is 1. The molecule has 72 valence electrons. The highest BCUT2D eigenvalue weighted by molar-refractivity contribution is 4.75. The van der Waals surface area contributed by atoms with Gasteiger partial charge in [-0.25, -0.2) is 0 Å². The molecule has 0 aromatic heterocycles. The molecule has 1 saturated heterocycles. The van der Waals surface area contributed by atoms with E-state index in [4.69, 9.17) is 0 Å². The first kappa shape index (κ1) is 10.0. The van der Waals surface area contributed by atoms with Gasteiger partial charge in [-0.15, -0.1) is 0 Å². The zero-order valence-electron chi connectivity index (χ0n) is 8.05. The highest BCUT2D eigenvalue weighted by Gasteiger charge is 2.18. The summed E-state index contributed by atoms with van der Waals surface area (Å²) in [6.45, 7) is 4.14. The third kappa shape index (κ3) is 3.55. The summed E-state index contributed by atoms with van der Waals surface area (Å²) in [5, 5.41) is 12.6. The van der Waals surface area contributed by atoms with Gasteiger partial charge in [-0.05, 0) is 25.3 Å². The van der Waals surface area contributed by atoms with Crippen molar-refractivity contribution in [2.24, 2.45) is 5.92 Å². The van der Waals surface area contributed by atoms with Crippen molar-refractivity contribution in [2.75, 3.05) is 13.1 Å². The molecule has 12 heavy (non-hydrogen) atoms. The number of piperidine rings is 1. The highest BCUT2D eigenvalue weighted by Crippen LogP contribution is 2.17. The Morgan fingerprint density at radius 1 is 1.33 bits per heavy atom. The molecule has 1 fully saturated rings. The minimum atomic E-state index is -0.0922. The van der Waals surface area contributed by atoms with E-state index in [1.807, 2.05) is 0 Å². The quantitative estimate of drug-likeness (QED) is 0.629. The molecule has 0 amide bonds. The molecule has 0 saturated carbocycles. The van der Waals surface area contributed by atoms with Gasteiger partial charge in [-0.3, -0.25) is 0 Å². The van der Waals surface area contributed by atoms with Crippen LogP contribution in [0, 0.1) is 5.92 Å². The number of unbranched alkanes of at least 4 members (excludes halogenated alkanes) is 2. The minimum Gasteiger partial charge on any atom is -0.392 e. The van der Waals surface area contributed by atoms with Crippen LogP contribution in [0.2, 0.25) is 0 Å². The van der Waals surface area contributed by atoms with E-state index in [1.54, 1.807) is 0 Å². The fourth-order valence-electron chi connectivity index (χ4n) is 1.91.